The van der Waals surface area contributed by atoms with E-state index in [2.05, 4.69) is 13.8 Å². The van der Waals surface area contributed by atoms with Gasteiger partial charge in [-0.15, -0.1) is 0 Å². The Morgan fingerprint density at radius 3 is 2.70 bits per heavy atom. The Morgan fingerprint density at radius 1 is 1.30 bits per heavy atom. The quantitative estimate of drug-likeness (QED) is 0.749. The van der Waals surface area contributed by atoms with Crippen LogP contribution in [-0.2, 0) is 4.74 Å². The Balaban J connectivity index is 1.94. The first-order chi connectivity index (χ1) is 9.47. The molecule has 4 atom stereocenters. The molecule has 1 fully saturated rings. The fourth-order valence-electron chi connectivity index (χ4n) is 2.85. The molecule has 1 aliphatic carbocycles. The van der Waals surface area contributed by atoms with Crippen LogP contribution in [0.2, 0.25) is 5.02 Å². The smallest absolute Gasteiger partial charge is 0.191 e. The number of ketones is 1. The van der Waals surface area contributed by atoms with Gasteiger partial charge in [-0.25, -0.2) is 0 Å². The summed E-state index contributed by atoms with van der Waals surface area (Å²) in [5.74, 6) is 1.44. The average molecular weight is 295 g/mol. The summed E-state index contributed by atoms with van der Waals surface area (Å²) in [6.45, 7) is 6.40. The first kappa shape index (κ1) is 15.5. The first-order valence-electron chi connectivity index (χ1n) is 7.42. The van der Waals surface area contributed by atoms with E-state index in [9.17, 15) is 4.79 Å². The molecule has 1 aliphatic rings. The van der Waals surface area contributed by atoms with Crippen LogP contribution in [0, 0.1) is 11.8 Å². The average Bonchev–Trinajstić information content (AvgIpc) is 2.42. The van der Waals surface area contributed by atoms with Crippen molar-refractivity contribution in [3.05, 3.63) is 34.9 Å². The number of hydrogen-bond acceptors (Lipinski definition) is 2. The Labute approximate surface area is 126 Å². The van der Waals surface area contributed by atoms with Gasteiger partial charge in [-0.2, -0.15) is 0 Å². The highest BCUT2D eigenvalue weighted by Crippen LogP contribution is 2.31. The van der Waals surface area contributed by atoms with Crippen LogP contribution in [0.5, 0.6) is 0 Å². The van der Waals surface area contributed by atoms with Crippen molar-refractivity contribution in [3.8, 4) is 0 Å². The van der Waals surface area contributed by atoms with Crippen molar-refractivity contribution in [3.63, 3.8) is 0 Å². The maximum atomic E-state index is 12.3. The minimum absolute atomic E-state index is 0.0128. The van der Waals surface area contributed by atoms with E-state index in [4.69, 9.17) is 16.3 Å². The topological polar surface area (TPSA) is 26.3 Å². The van der Waals surface area contributed by atoms with Crippen LogP contribution >= 0.6 is 11.6 Å². The number of benzene rings is 1. The maximum Gasteiger partial charge on any atom is 0.191 e. The molecule has 4 unspecified atom stereocenters. The second-order valence-corrected chi connectivity index (χ2v) is 6.48. The molecule has 1 aromatic rings. The maximum absolute atomic E-state index is 12.3. The molecule has 0 aromatic heterocycles. The molecule has 2 nitrogen and oxygen atoms in total. The zero-order chi connectivity index (χ0) is 14.7. The summed E-state index contributed by atoms with van der Waals surface area (Å²) in [5.41, 5.74) is 0.627. The minimum Gasteiger partial charge on any atom is -0.367 e. The molecular weight excluding hydrogens is 272 g/mol. The van der Waals surface area contributed by atoms with E-state index in [1.54, 1.807) is 24.3 Å². The Hall–Kier alpha value is -0.860. The summed E-state index contributed by atoms with van der Waals surface area (Å²) in [7, 11) is 0. The van der Waals surface area contributed by atoms with Gasteiger partial charge >= 0.3 is 0 Å². The van der Waals surface area contributed by atoms with Gasteiger partial charge in [0.1, 0.15) is 6.10 Å². The number of hydrogen-bond donors (Lipinski definition) is 0. The molecule has 0 heterocycles. The summed E-state index contributed by atoms with van der Waals surface area (Å²) in [4.78, 5) is 12.3. The predicted octanol–water partition coefficient (Wildman–Crippen LogP) is 4.75. The van der Waals surface area contributed by atoms with Crippen molar-refractivity contribution in [1.82, 2.24) is 0 Å². The molecular formula is C17H23ClO2. The van der Waals surface area contributed by atoms with Crippen molar-refractivity contribution in [1.29, 1.82) is 0 Å². The molecule has 110 valence electrons. The van der Waals surface area contributed by atoms with E-state index in [-0.39, 0.29) is 11.9 Å². The molecule has 20 heavy (non-hydrogen) atoms. The summed E-state index contributed by atoms with van der Waals surface area (Å²) >= 11 is 5.93. The number of halogens is 1. The van der Waals surface area contributed by atoms with Crippen LogP contribution in [0.1, 0.15) is 50.4 Å². The highest BCUT2D eigenvalue weighted by atomic mass is 35.5. The third-order valence-corrected chi connectivity index (χ3v) is 4.66. The number of carbonyl (C=O) groups excluding carboxylic acids is 1. The number of Topliss-reactive ketones (excluding diaryl/α,β-unsaturated/α-hetero) is 1. The number of ether oxygens (including phenoxy) is 1. The Bertz CT molecular complexity index is 472. The lowest BCUT2D eigenvalue weighted by atomic mass is 9.80. The van der Waals surface area contributed by atoms with Crippen molar-refractivity contribution in [2.45, 2.75) is 52.2 Å². The zero-order valence-corrected chi connectivity index (χ0v) is 13.2. The highest BCUT2D eigenvalue weighted by molar-refractivity contribution is 6.31. The molecule has 0 aliphatic heterocycles. The molecule has 0 spiro atoms. The predicted molar refractivity (Wildman–Crippen MR) is 82.3 cm³/mol. The number of rotatable bonds is 4. The first-order valence-corrected chi connectivity index (χ1v) is 7.80. The van der Waals surface area contributed by atoms with E-state index >= 15 is 0 Å². The monoisotopic (exact) mass is 294 g/mol. The largest absolute Gasteiger partial charge is 0.367 e. The van der Waals surface area contributed by atoms with E-state index in [1.165, 1.54) is 6.42 Å². The van der Waals surface area contributed by atoms with Gasteiger partial charge in [0.15, 0.2) is 5.78 Å². The third-order valence-electron chi connectivity index (χ3n) is 4.43. The van der Waals surface area contributed by atoms with Crippen molar-refractivity contribution >= 4 is 17.4 Å². The van der Waals surface area contributed by atoms with Crippen LogP contribution in [0.25, 0.3) is 0 Å². The van der Waals surface area contributed by atoms with E-state index in [1.807, 2.05) is 6.92 Å². The molecule has 0 amide bonds. The molecule has 1 saturated carbocycles. The summed E-state index contributed by atoms with van der Waals surface area (Å²) in [5, 5.41) is 0.586. The summed E-state index contributed by atoms with van der Waals surface area (Å²) < 4.78 is 5.97. The van der Waals surface area contributed by atoms with Gasteiger partial charge in [0.2, 0.25) is 0 Å². The second kappa shape index (κ2) is 6.73. The van der Waals surface area contributed by atoms with Crippen molar-refractivity contribution in [2.75, 3.05) is 0 Å². The molecule has 0 bridgehead atoms. The van der Waals surface area contributed by atoms with Gasteiger partial charge in [0.25, 0.3) is 0 Å². The number of carbonyl (C=O) groups is 1. The van der Waals surface area contributed by atoms with Gasteiger partial charge in [0, 0.05) is 10.6 Å². The standard InChI is InChI=1S/C17H23ClO2/c1-11-7-8-16(9-12(11)2)20-13(3)17(19)14-5-4-6-15(18)10-14/h4-6,10-13,16H,7-9H2,1-3H3. The molecule has 3 heteroatoms. The van der Waals surface area contributed by atoms with Gasteiger partial charge in [0.05, 0.1) is 6.10 Å². The lowest BCUT2D eigenvalue weighted by Gasteiger charge is -2.33. The minimum atomic E-state index is -0.404. The van der Waals surface area contributed by atoms with Crippen LogP contribution in [0.4, 0.5) is 0 Å². The highest BCUT2D eigenvalue weighted by Gasteiger charge is 2.28. The summed E-state index contributed by atoms with van der Waals surface area (Å²) in [6.07, 6.45) is 3.09. The van der Waals surface area contributed by atoms with Crippen LogP contribution in [0.15, 0.2) is 24.3 Å². The molecule has 0 saturated heterocycles. The molecule has 0 N–H and O–H groups in total. The molecule has 2 rings (SSSR count). The van der Waals surface area contributed by atoms with Crippen LogP contribution < -0.4 is 0 Å². The lowest BCUT2D eigenvalue weighted by Crippen LogP contribution is -2.32. The fraction of sp³-hybridized carbons (Fsp3) is 0.588. The fourth-order valence-corrected chi connectivity index (χ4v) is 3.04. The van der Waals surface area contributed by atoms with Crippen LogP contribution in [0.3, 0.4) is 0 Å². The Kier molecular flexibility index (Phi) is 5.22. The van der Waals surface area contributed by atoms with E-state index in [0.717, 1.165) is 18.8 Å². The third kappa shape index (κ3) is 3.83. The van der Waals surface area contributed by atoms with Crippen LogP contribution in [-0.4, -0.2) is 18.0 Å². The molecule has 1 aromatic carbocycles. The van der Waals surface area contributed by atoms with Gasteiger partial charge < -0.3 is 4.74 Å². The van der Waals surface area contributed by atoms with E-state index < -0.39 is 6.10 Å². The SMILES string of the molecule is CC(OC1CCC(C)C(C)C1)C(=O)c1cccc(Cl)c1. The van der Waals surface area contributed by atoms with Gasteiger partial charge in [-0.1, -0.05) is 37.6 Å². The zero-order valence-electron chi connectivity index (χ0n) is 12.4. The van der Waals surface area contributed by atoms with E-state index in [0.29, 0.717) is 16.5 Å². The second-order valence-electron chi connectivity index (χ2n) is 6.04. The van der Waals surface area contributed by atoms with Crippen molar-refractivity contribution < 1.29 is 9.53 Å². The van der Waals surface area contributed by atoms with Crippen molar-refractivity contribution in [2.24, 2.45) is 11.8 Å². The lowest BCUT2D eigenvalue weighted by molar-refractivity contribution is -0.0287. The van der Waals surface area contributed by atoms with Gasteiger partial charge in [-0.3, -0.25) is 4.79 Å². The Morgan fingerprint density at radius 2 is 2.05 bits per heavy atom. The summed E-state index contributed by atoms with van der Waals surface area (Å²) in [6, 6.07) is 7.07. The van der Waals surface area contributed by atoms with Gasteiger partial charge in [-0.05, 0) is 50.2 Å². The normalized spacial score (nSPS) is 28.1. The molecule has 0 radical (unpaired) electrons.